The van der Waals surface area contributed by atoms with Gasteiger partial charge in [0.15, 0.2) is 0 Å². The minimum Gasteiger partial charge on any atom is -0.310 e. The van der Waals surface area contributed by atoms with Gasteiger partial charge in [0.25, 0.3) is 0 Å². The molecule has 2 atom stereocenters. The van der Waals surface area contributed by atoms with Crippen LogP contribution in [-0.2, 0) is 5.41 Å². The number of nitrogens with zero attached hydrogens (tertiary/aromatic N) is 1. The molecule has 10 rings (SSSR count). The summed E-state index contributed by atoms with van der Waals surface area (Å²) in [6.07, 6.45) is 20.4. The van der Waals surface area contributed by atoms with E-state index in [-0.39, 0.29) is 5.41 Å². The predicted octanol–water partition coefficient (Wildman–Crippen LogP) is 13.5. The highest BCUT2D eigenvalue weighted by Gasteiger charge is 2.39. The second kappa shape index (κ2) is 12.0. The maximum atomic E-state index is 2.47. The lowest BCUT2D eigenvalue weighted by Gasteiger charge is -2.34. The Kier molecular flexibility index (Phi) is 7.05. The lowest BCUT2D eigenvalue weighted by atomic mass is 9.70. The summed E-state index contributed by atoms with van der Waals surface area (Å²) < 4.78 is 0. The van der Waals surface area contributed by atoms with Crippen LogP contribution in [0.1, 0.15) is 30.5 Å². The Balaban J connectivity index is 1.10. The zero-order valence-corrected chi connectivity index (χ0v) is 29.5. The van der Waals surface area contributed by atoms with E-state index in [4.69, 9.17) is 0 Å². The van der Waals surface area contributed by atoms with Crippen molar-refractivity contribution >= 4 is 33.4 Å². The number of allylic oxidation sites excluding steroid dienone is 12. The van der Waals surface area contributed by atoms with Crippen molar-refractivity contribution in [2.75, 3.05) is 4.90 Å². The Morgan fingerprint density at radius 2 is 1.17 bits per heavy atom. The highest BCUT2D eigenvalue weighted by Crippen LogP contribution is 2.54. The minimum atomic E-state index is -0.152. The Morgan fingerprint density at radius 1 is 0.519 bits per heavy atom. The maximum absolute atomic E-state index is 2.47. The smallest absolute Gasteiger partial charge is 0.0508 e. The molecule has 2 unspecified atom stereocenters. The molecule has 6 aromatic carbocycles. The van der Waals surface area contributed by atoms with Gasteiger partial charge in [-0.2, -0.15) is 0 Å². The molecule has 6 aromatic rings. The summed E-state index contributed by atoms with van der Waals surface area (Å²) in [5.74, 6) is 0.749. The highest BCUT2D eigenvalue weighted by molar-refractivity contribution is 5.92. The summed E-state index contributed by atoms with van der Waals surface area (Å²) in [5.41, 5.74) is 16.5. The Bertz CT molecular complexity index is 2580. The quantitative estimate of drug-likeness (QED) is 0.177. The number of benzene rings is 6. The van der Waals surface area contributed by atoms with E-state index in [1.165, 1.54) is 72.1 Å². The third-order valence-corrected chi connectivity index (χ3v) is 11.6. The van der Waals surface area contributed by atoms with Crippen molar-refractivity contribution in [3.63, 3.8) is 0 Å². The number of fused-ring (bicyclic) bond motifs is 7. The molecule has 0 N–H and O–H groups in total. The minimum absolute atomic E-state index is 0.152. The zero-order chi connectivity index (χ0) is 34.8. The maximum Gasteiger partial charge on any atom is 0.0508 e. The Hall–Kier alpha value is -6.18. The van der Waals surface area contributed by atoms with Crippen LogP contribution in [0.4, 0.5) is 17.1 Å². The van der Waals surface area contributed by atoms with Gasteiger partial charge >= 0.3 is 0 Å². The molecule has 1 heteroatoms. The summed E-state index contributed by atoms with van der Waals surface area (Å²) in [4.78, 5) is 2.47. The van der Waals surface area contributed by atoms with Gasteiger partial charge in [-0.05, 0) is 103 Å². The second-order valence-electron chi connectivity index (χ2n) is 14.9. The van der Waals surface area contributed by atoms with Crippen LogP contribution in [0.3, 0.4) is 0 Å². The Labute approximate surface area is 306 Å². The Morgan fingerprint density at radius 3 is 1.98 bits per heavy atom. The molecule has 0 saturated carbocycles. The van der Waals surface area contributed by atoms with E-state index >= 15 is 0 Å². The monoisotopic (exact) mass is 665 g/mol. The molecule has 0 heterocycles. The van der Waals surface area contributed by atoms with Gasteiger partial charge in [0, 0.05) is 28.6 Å². The fourth-order valence-electron chi connectivity index (χ4n) is 9.08. The van der Waals surface area contributed by atoms with E-state index in [0.717, 1.165) is 11.4 Å². The molecule has 0 amide bonds. The third-order valence-electron chi connectivity index (χ3n) is 11.6. The molecule has 0 aromatic heterocycles. The normalized spacial score (nSPS) is 18.8. The molecule has 4 aliphatic carbocycles. The number of anilines is 3. The molecule has 0 aliphatic heterocycles. The summed E-state index contributed by atoms with van der Waals surface area (Å²) in [6, 6.07) is 49.5. The molecular weight excluding hydrogens is 627 g/mol. The van der Waals surface area contributed by atoms with Crippen molar-refractivity contribution in [3.8, 4) is 22.3 Å². The van der Waals surface area contributed by atoms with Crippen molar-refractivity contribution in [1.29, 1.82) is 0 Å². The van der Waals surface area contributed by atoms with Crippen LogP contribution in [0.5, 0.6) is 0 Å². The van der Waals surface area contributed by atoms with Gasteiger partial charge in [-0.1, -0.05) is 166 Å². The summed E-state index contributed by atoms with van der Waals surface area (Å²) in [6.45, 7) is 4.75. The van der Waals surface area contributed by atoms with Crippen LogP contribution in [0, 0.1) is 11.8 Å². The molecule has 52 heavy (non-hydrogen) atoms. The largest absolute Gasteiger partial charge is 0.310 e. The molecule has 1 nitrogen and oxygen atoms in total. The lowest BCUT2D eigenvalue weighted by molar-refractivity contribution is 0.618. The van der Waals surface area contributed by atoms with E-state index < -0.39 is 0 Å². The molecule has 0 saturated heterocycles. The van der Waals surface area contributed by atoms with E-state index in [0.29, 0.717) is 11.8 Å². The van der Waals surface area contributed by atoms with Gasteiger partial charge in [0.1, 0.15) is 0 Å². The molecule has 0 bridgehead atoms. The van der Waals surface area contributed by atoms with E-state index in [1.54, 1.807) is 0 Å². The molecular formula is C51H39N. The molecule has 0 radical (unpaired) electrons. The SMILES string of the molecule is CC1(C)c2ccccc2-c2cccc(N(c3ccc(C4=C5C=CC=CC5C5C=CC=CC5=C4)cc3)c3ccc(-c4ccc5ccccc5c4)cc3)c21. The average Bonchev–Trinajstić information content (AvgIpc) is 3.44. The van der Waals surface area contributed by atoms with E-state index in [1.807, 2.05) is 0 Å². The van der Waals surface area contributed by atoms with E-state index in [9.17, 15) is 0 Å². The van der Waals surface area contributed by atoms with Gasteiger partial charge in [0.2, 0.25) is 0 Å². The zero-order valence-electron chi connectivity index (χ0n) is 29.5. The number of rotatable bonds is 5. The fraction of sp³-hybridized carbons (Fsp3) is 0.0980. The summed E-state index contributed by atoms with van der Waals surface area (Å²) in [5, 5.41) is 2.52. The molecule has 0 spiro atoms. The first-order valence-electron chi connectivity index (χ1n) is 18.4. The first-order chi connectivity index (χ1) is 25.5. The summed E-state index contributed by atoms with van der Waals surface area (Å²) >= 11 is 0. The van der Waals surface area contributed by atoms with Crippen molar-refractivity contribution in [3.05, 3.63) is 216 Å². The second-order valence-corrected chi connectivity index (χ2v) is 14.9. The van der Waals surface area contributed by atoms with Crippen LogP contribution in [0.15, 0.2) is 199 Å². The topological polar surface area (TPSA) is 3.24 Å². The molecule has 0 fully saturated rings. The predicted molar refractivity (Wildman–Crippen MR) is 220 cm³/mol. The van der Waals surface area contributed by atoms with Crippen LogP contribution in [-0.4, -0.2) is 0 Å². The van der Waals surface area contributed by atoms with Crippen molar-refractivity contribution < 1.29 is 0 Å². The van der Waals surface area contributed by atoms with Crippen LogP contribution >= 0.6 is 0 Å². The standard InChI is InChI=1S/C51H39N/c1-51(2)48-20-10-9-18-45(48)46-19-11-21-49(50(46)51)52(40-28-24-35(25-29-40)38-23-22-34-12-3-4-13-37(34)32-38)41-30-26-36(27-31-41)47-33-39-14-5-6-15-42(39)43-16-7-8-17-44(43)47/h3-33,42-43H,1-2H3. The van der Waals surface area contributed by atoms with Gasteiger partial charge in [-0.15, -0.1) is 0 Å². The molecule has 4 aliphatic rings. The highest BCUT2D eigenvalue weighted by atomic mass is 15.1. The van der Waals surface area contributed by atoms with Crippen molar-refractivity contribution in [2.45, 2.75) is 19.3 Å². The van der Waals surface area contributed by atoms with Gasteiger partial charge in [-0.3, -0.25) is 0 Å². The van der Waals surface area contributed by atoms with Gasteiger partial charge in [-0.25, -0.2) is 0 Å². The van der Waals surface area contributed by atoms with Crippen molar-refractivity contribution in [2.24, 2.45) is 11.8 Å². The summed E-state index contributed by atoms with van der Waals surface area (Å²) in [7, 11) is 0. The first-order valence-corrected chi connectivity index (χ1v) is 18.4. The lowest BCUT2D eigenvalue weighted by Crippen LogP contribution is -2.21. The van der Waals surface area contributed by atoms with Crippen LogP contribution in [0.2, 0.25) is 0 Å². The number of hydrogen-bond donors (Lipinski definition) is 0. The third kappa shape index (κ3) is 4.84. The molecule has 248 valence electrons. The average molecular weight is 666 g/mol. The van der Waals surface area contributed by atoms with E-state index in [2.05, 4.69) is 207 Å². The van der Waals surface area contributed by atoms with Crippen molar-refractivity contribution in [1.82, 2.24) is 0 Å². The number of hydrogen-bond acceptors (Lipinski definition) is 1. The van der Waals surface area contributed by atoms with Gasteiger partial charge < -0.3 is 4.90 Å². The first kappa shape index (κ1) is 30.6. The van der Waals surface area contributed by atoms with Crippen LogP contribution < -0.4 is 4.90 Å². The fourth-order valence-corrected chi connectivity index (χ4v) is 9.08. The van der Waals surface area contributed by atoms with Crippen LogP contribution in [0.25, 0.3) is 38.6 Å². The van der Waals surface area contributed by atoms with Gasteiger partial charge in [0.05, 0.1) is 5.69 Å².